The summed E-state index contributed by atoms with van der Waals surface area (Å²) in [5.41, 5.74) is 20.0. The first kappa shape index (κ1) is 40.6. The molecule has 0 aliphatic carbocycles. The summed E-state index contributed by atoms with van der Waals surface area (Å²) in [5.74, 6) is 6.80. The van der Waals surface area contributed by atoms with Crippen molar-refractivity contribution in [2.75, 3.05) is 0 Å². The molecule has 4 aliphatic heterocycles. The van der Waals surface area contributed by atoms with Gasteiger partial charge in [-0.2, -0.15) is 0 Å². The molecule has 0 fully saturated rings. The summed E-state index contributed by atoms with van der Waals surface area (Å²) in [6.45, 7) is -0.136. The molecule has 0 bridgehead atoms. The van der Waals surface area contributed by atoms with Crippen molar-refractivity contribution in [3.05, 3.63) is 243 Å². The topological polar surface area (TPSA) is 36.9 Å². The van der Waals surface area contributed by atoms with Crippen molar-refractivity contribution >= 4 is 46.2 Å². The van der Waals surface area contributed by atoms with E-state index in [1.165, 1.54) is 5.56 Å². The van der Waals surface area contributed by atoms with Crippen LogP contribution in [0.2, 0.25) is 0 Å². The van der Waals surface area contributed by atoms with Crippen LogP contribution in [0, 0.1) is 0 Å². The van der Waals surface area contributed by atoms with Gasteiger partial charge in [0, 0.05) is 22.1 Å². The molecule has 11 aromatic carbocycles. The first-order valence-electron chi connectivity index (χ1n) is 24.6. The minimum absolute atomic E-state index is 0.0459. The summed E-state index contributed by atoms with van der Waals surface area (Å²) < 4.78 is 27.3. The third kappa shape index (κ3) is 6.49. The van der Waals surface area contributed by atoms with Gasteiger partial charge in [0.25, 0.3) is 13.4 Å². The summed E-state index contributed by atoms with van der Waals surface area (Å²) in [6, 6.07) is 86.0. The first-order chi connectivity index (χ1) is 35.7. The van der Waals surface area contributed by atoms with E-state index < -0.39 is 0 Å². The van der Waals surface area contributed by atoms with E-state index in [9.17, 15) is 0 Å². The zero-order valence-corrected chi connectivity index (χ0v) is 38.9. The predicted octanol–water partition coefficient (Wildman–Crippen LogP) is 13.1. The van der Waals surface area contributed by atoms with Crippen molar-refractivity contribution in [3.63, 3.8) is 0 Å². The zero-order chi connectivity index (χ0) is 47.3. The maximum absolute atomic E-state index is 6.99. The van der Waals surface area contributed by atoms with Gasteiger partial charge in [0.15, 0.2) is 0 Å². The van der Waals surface area contributed by atoms with Crippen LogP contribution in [0.3, 0.4) is 0 Å². The average molecular weight is 919 g/mol. The maximum atomic E-state index is 6.99. The molecular formula is C66H40B2O4. The van der Waals surface area contributed by atoms with Crippen LogP contribution >= 0.6 is 0 Å². The Morgan fingerprint density at radius 2 is 0.597 bits per heavy atom. The molecule has 0 saturated heterocycles. The van der Waals surface area contributed by atoms with Crippen molar-refractivity contribution in [2.45, 2.75) is 0 Å². The number of para-hydroxylation sites is 1. The van der Waals surface area contributed by atoms with Gasteiger partial charge in [0.1, 0.15) is 46.0 Å². The Morgan fingerprint density at radius 1 is 0.208 bits per heavy atom. The fraction of sp³-hybridized carbons (Fsp3) is 0. The quantitative estimate of drug-likeness (QED) is 0.156. The molecule has 4 nitrogen and oxygen atoms in total. The van der Waals surface area contributed by atoms with Crippen LogP contribution < -0.4 is 51.7 Å². The Balaban J connectivity index is 0.783. The molecule has 0 unspecified atom stereocenters. The van der Waals surface area contributed by atoms with E-state index in [1.807, 2.05) is 6.07 Å². The van der Waals surface area contributed by atoms with Gasteiger partial charge in [-0.15, -0.1) is 0 Å². The highest BCUT2D eigenvalue weighted by Gasteiger charge is 2.43. The number of hydrogen-bond acceptors (Lipinski definition) is 4. The molecule has 0 saturated carbocycles. The molecule has 0 spiro atoms. The number of hydrogen-bond donors (Lipinski definition) is 0. The summed E-state index contributed by atoms with van der Waals surface area (Å²) in [4.78, 5) is 0. The molecule has 334 valence electrons. The largest absolute Gasteiger partial charge is 0.458 e. The molecule has 72 heavy (non-hydrogen) atoms. The second kappa shape index (κ2) is 16.2. The third-order valence-corrected chi connectivity index (χ3v) is 15.0. The van der Waals surface area contributed by atoms with Gasteiger partial charge in [-0.25, -0.2) is 0 Å². The monoisotopic (exact) mass is 918 g/mol. The maximum Gasteiger partial charge on any atom is 0.260 e. The molecule has 15 rings (SSSR count). The van der Waals surface area contributed by atoms with Crippen molar-refractivity contribution in [1.29, 1.82) is 0 Å². The molecule has 4 heterocycles. The highest BCUT2D eigenvalue weighted by Crippen LogP contribution is 2.44. The Morgan fingerprint density at radius 3 is 1.21 bits per heavy atom. The number of benzene rings is 11. The first-order valence-corrected chi connectivity index (χ1v) is 24.6. The van der Waals surface area contributed by atoms with E-state index in [1.54, 1.807) is 0 Å². The molecule has 0 radical (unpaired) electrons. The van der Waals surface area contributed by atoms with Gasteiger partial charge in [-0.3, -0.25) is 0 Å². The zero-order valence-electron chi connectivity index (χ0n) is 38.9. The average Bonchev–Trinajstić information content (AvgIpc) is 3.45. The molecule has 4 aliphatic rings. The van der Waals surface area contributed by atoms with E-state index in [0.29, 0.717) is 0 Å². The van der Waals surface area contributed by atoms with E-state index in [2.05, 4.69) is 237 Å². The van der Waals surface area contributed by atoms with Crippen LogP contribution in [-0.2, 0) is 0 Å². The van der Waals surface area contributed by atoms with Gasteiger partial charge in [-0.1, -0.05) is 188 Å². The van der Waals surface area contributed by atoms with Crippen molar-refractivity contribution in [2.24, 2.45) is 0 Å². The van der Waals surface area contributed by atoms with Crippen LogP contribution in [0.1, 0.15) is 0 Å². The standard InChI is InChI=1S/C66H40B2O4/c1-4-13-41(14-5-1)47-29-34-59-56(38-47)67-53-21-10-11-22-57(53)69-60-36-31-52(66(71-59)64(60)67)50-20-12-19-46(37-50)43-23-25-44(26-24-43)48-28-33-58-55(39-48)68-54-32-27-49(42-15-6-2-7-16-42)40-62(54)72-65-51(45-17-8-3-9-18-45)30-35-61(70-58)63(65)68/h1-40H. The molecular weight excluding hydrogens is 878 g/mol. The van der Waals surface area contributed by atoms with E-state index >= 15 is 0 Å². The Kier molecular flexibility index (Phi) is 9.12. The summed E-state index contributed by atoms with van der Waals surface area (Å²) in [6.07, 6.45) is 0. The highest BCUT2D eigenvalue weighted by molar-refractivity contribution is 6.99. The summed E-state index contributed by atoms with van der Waals surface area (Å²) in [7, 11) is 0. The van der Waals surface area contributed by atoms with E-state index in [0.717, 1.165) is 140 Å². The smallest absolute Gasteiger partial charge is 0.260 e. The van der Waals surface area contributed by atoms with Gasteiger partial charge in [0.2, 0.25) is 0 Å². The van der Waals surface area contributed by atoms with Crippen LogP contribution in [-0.4, -0.2) is 13.4 Å². The highest BCUT2D eigenvalue weighted by atomic mass is 16.5. The van der Waals surface area contributed by atoms with Gasteiger partial charge in [-0.05, 0) is 132 Å². The lowest BCUT2D eigenvalue weighted by molar-refractivity contribution is 0.465. The molecule has 0 atom stereocenters. The normalized spacial score (nSPS) is 12.8. The number of ether oxygens (including phenoxy) is 4. The summed E-state index contributed by atoms with van der Waals surface area (Å²) >= 11 is 0. The second-order valence-corrected chi connectivity index (χ2v) is 19.0. The lowest BCUT2D eigenvalue weighted by Gasteiger charge is -2.34. The van der Waals surface area contributed by atoms with Crippen molar-refractivity contribution in [3.8, 4) is 113 Å². The summed E-state index contributed by atoms with van der Waals surface area (Å²) in [5, 5.41) is 0. The predicted molar refractivity (Wildman–Crippen MR) is 294 cm³/mol. The molecule has 6 heteroatoms. The lowest BCUT2D eigenvalue weighted by Crippen LogP contribution is -2.57. The van der Waals surface area contributed by atoms with Gasteiger partial charge >= 0.3 is 0 Å². The molecule has 0 aromatic heterocycles. The molecule has 11 aromatic rings. The van der Waals surface area contributed by atoms with E-state index in [4.69, 9.17) is 18.9 Å². The van der Waals surface area contributed by atoms with Crippen LogP contribution in [0.25, 0.3) is 66.8 Å². The Labute approximate surface area is 418 Å². The fourth-order valence-corrected chi connectivity index (χ4v) is 11.5. The van der Waals surface area contributed by atoms with Gasteiger partial charge in [0.05, 0.1) is 0 Å². The third-order valence-electron chi connectivity index (χ3n) is 15.0. The fourth-order valence-electron chi connectivity index (χ4n) is 11.5. The van der Waals surface area contributed by atoms with Crippen LogP contribution in [0.4, 0.5) is 0 Å². The lowest BCUT2D eigenvalue weighted by atomic mass is 9.34. The minimum atomic E-state index is -0.0902. The number of fused-ring (bicyclic) bond motifs is 8. The minimum Gasteiger partial charge on any atom is -0.458 e. The van der Waals surface area contributed by atoms with Crippen LogP contribution in [0.5, 0.6) is 46.0 Å². The van der Waals surface area contributed by atoms with E-state index in [-0.39, 0.29) is 13.4 Å². The van der Waals surface area contributed by atoms with Crippen LogP contribution in [0.15, 0.2) is 243 Å². The Bertz CT molecular complexity index is 3990. The second-order valence-electron chi connectivity index (χ2n) is 19.0. The SMILES string of the molecule is c1ccc(-c2ccc3c(c2)Oc2c(-c4ccccc4)ccc4c2B3c2cc(-c3ccc(-c5cccc(-c6ccc7c8c6Oc6ccc(-c9ccccc9)cc6B8c6ccccc6O7)c5)cc3)ccc2O4)cc1. The molecule has 0 N–H and O–H groups in total. The van der Waals surface area contributed by atoms with Crippen molar-refractivity contribution in [1.82, 2.24) is 0 Å². The molecule has 0 amide bonds. The van der Waals surface area contributed by atoms with Gasteiger partial charge < -0.3 is 18.9 Å². The number of rotatable bonds is 6. The van der Waals surface area contributed by atoms with Crippen molar-refractivity contribution < 1.29 is 18.9 Å². The Hall–Kier alpha value is -9.25.